The van der Waals surface area contributed by atoms with Gasteiger partial charge in [-0.2, -0.15) is 13.2 Å². The zero-order valence-electron chi connectivity index (χ0n) is 15.6. The van der Waals surface area contributed by atoms with E-state index < -0.39 is 17.8 Å². The third kappa shape index (κ3) is 7.46. The fraction of sp³-hybridized carbons (Fsp3) is 0.938. The van der Waals surface area contributed by atoms with E-state index in [4.69, 9.17) is 0 Å². The van der Waals surface area contributed by atoms with Crippen molar-refractivity contribution in [3.63, 3.8) is 0 Å². The van der Waals surface area contributed by atoms with Gasteiger partial charge in [-0.25, -0.2) is 0 Å². The molecule has 1 unspecified atom stereocenters. The molecule has 0 aliphatic carbocycles. The highest BCUT2D eigenvalue weighted by atomic mass is 127. The van der Waals surface area contributed by atoms with Gasteiger partial charge in [0.25, 0.3) is 0 Å². The van der Waals surface area contributed by atoms with E-state index in [0.29, 0.717) is 58.1 Å². The van der Waals surface area contributed by atoms with Crippen LogP contribution in [0.15, 0.2) is 4.99 Å². The fourth-order valence-corrected chi connectivity index (χ4v) is 2.65. The molecule has 2 N–H and O–H groups in total. The standard InChI is InChI=1S/C16H31F3N4O.HI/c1-5-15(24,6-2)12-21-14(20-7-3)23-10-8-22(9-11-23)13(4)16(17,18)19;/h13,24H,5-12H2,1-4H3,(H,20,21);1H. The van der Waals surface area contributed by atoms with Gasteiger partial charge in [0, 0.05) is 32.7 Å². The fourth-order valence-electron chi connectivity index (χ4n) is 2.65. The van der Waals surface area contributed by atoms with Crippen LogP contribution < -0.4 is 5.32 Å². The number of rotatable bonds is 6. The van der Waals surface area contributed by atoms with Crippen LogP contribution in [-0.4, -0.2) is 78.0 Å². The second-order valence-electron chi connectivity index (χ2n) is 6.34. The highest BCUT2D eigenvalue weighted by Gasteiger charge is 2.41. The Morgan fingerprint density at radius 1 is 1.12 bits per heavy atom. The van der Waals surface area contributed by atoms with Crippen LogP contribution >= 0.6 is 24.0 Å². The molecule has 1 saturated heterocycles. The lowest BCUT2D eigenvalue weighted by atomic mass is 9.98. The maximum absolute atomic E-state index is 12.8. The van der Waals surface area contributed by atoms with Gasteiger partial charge in [-0.15, -0.1) is 24.0 Å². The predicted molar refractivity (Wildman–Crippen MR) is 106 cm³/mol. The molecule has 1 heterocycles. The Morgan fingerprint density at radius 2 is 1.64 bits per heavy atom. The van der Waals surface area contributed by atoms with Crippen LogP contribution in [0, 0.1) is 0 Å². The van der Waals surface area contributed by atoms with Crippen molar-refractivity contribution in [2.24, 2.45) is 4.99 Å². The van der Waals surface area contributed by atoms with Crippen LogP contribution in [0.5, 0.6) is 0 Å². The molecule has 0 aromatic carbocycles. The van der Waals surface area contributed by atoms with Crippen molar-refractivity contribution < 1.29 is 18.3 Å². The van der Waals surface area contributed by atoms with Crippen molar-refractivity contribution in [1.82, 2.24) is 15.1 Å². The molecule has 0 bridgehead atoms. The van der Waals surface area contributed by atoms with E-state index in [9.17, 15) is 18.3 Å². The summed E-state index contributed by atoms with van der Waals surface area (Å²) >= 11 is 0. The van der Waals surface area contributed by atoms with Gasteiger partial charge in [0.2, 0.25) is 0 Å². The Bertz CT molecular complexity index is 409. The molecule has 0 saturated carbocycles. The third-order valence-corrected chi connectivity index (χ3v) is 4.81. The summed E-state index contributed by atoms with van der Waals surface area (Å²) in [6.07, 6.45) is -2.97. The van der Waals surface area contributed by atoms with Crippen molar-refractivity contribution in [3.8, 4) is 0 Å². The second kappa shape index (κ2) is 10.8. The highest BCUT2D eigenvalue weighted by Crippen LogP contribution is 2.25. The van der Waals surface area contributed by atoms with Gasteiger partial charge in [-0.05, 0) is 26.7 Å². The number of alkyl halides is 3. The van der Waals surface area contributed by atoms with Crippen molar-refractivity contribution in [1.29, 1.82) is 0 Å². The minimum absolute atomic E-state index is 0. The van der Waals surface area contributed by atoms with E-state index in [0.717, 1.165) is 0 Å². The first-order chi connectivity index (χ1) is 11.2. The first-order valence-electron chi connectivity index (χ1n) is 8.73. The lowest BCUT2D eigenvalue weighted by Crippen LogP contribution is -2.57. The molecule has 0 amide bonds. The molecule has 1 aliphatic rings. The van der Waals surface area contributed by atoms with E-state index in [1.165, 1.54) is 11.8 Å². The van der Waals surface area contributed by atoms with Crippen LogP contribution in [0.1, 0.15) is 40.5 Å². The molecule has 1 atom stereocenters. The summed E-state index contributed by atoms with van der Waals surface area (Å²) in [5.41, 5.74) is -0.826. The van der Waals surface area contributed by atoms with Gasteiger partial charge >= 0.3 is 6.18 Å². The van der Waals surface area contributed by atoms with Crippen molar-refractivity contribution in [2.45, 2.75) is 58.4 Å². The van der Waals surface area contributed by atoms with Gasteiger partial charge in [-0.1, -0.05) is 13.8 Å². The Labute approximate surface area is 166 Å². The smallest absolute Gasteiger partial charge is 0.388 e. The monoisotopic (exact) mass is 480 g/mol. The van der Waals surface area contributed by atoms with Crippen molar-refractivity contribution >= 4 is 29.9 Å². The van der Waals surface area contributed by atoms with E-state index in [1.807, 2.05) is 25.7 Å². The summed E-state index contributed by atoms with van der Waals surface area (Å²) in [7, 11) is 0. The molecule has 0 radical (unpaired) electrons. The Kier molecular flexibility index (Phi) is 10.6. The molecular weight excluding hydrogens is 448 g/mol. The Hall–Kier alpha value is -0.290. The molecule has 0 aromatic rings. The first kappa shape index (κ1) is 24.7. The number of nitrogens with zero attached hydrogens (tertiary/aromatic N) is 3. The predicted octanol–water partition coefficient (Wildman–Crippen LogP) is 2.69. The van der Waals surface area contributed by atoms with Crippen LogP contribution in [0.2, 0.25) is 0 Å². The molecule has 1 aliphatic heterocycles. The maximum Gasteiger partial charge on any atom is 0.403 e. The summed E-state index contributed by atoms with van der Waals surface area (Å²) in [5, 5.41) is 13.5. The number of hydrogen-bond acceptors (Lipinski definition) is 3. The van der Waals surface area contributed by atoms with Gasteiger partial charge in [-0.3, -0.25) is 9.89 Å². The molecule has 0 aromatic heterocycles. The minimum atomic E-state index is -4.19. The Balaban J connectivity index is 0.00000576. The summed E-state index contributed by atoms with van der Waals surface area (Å²) in [6, 6.07) is -1.43. The third-order valence-electron chi connectivity index (χ3n) is 4.81. The lowest BCUT2D eigenvalue weighted by molar-refractivity contribution is -0.181. The van der Waals surface area contributed by atoms with Gasteiger partial charge in [0.05, 0.1) is 12.1 Å². The number of aliphatic imine (C=N–C) groups is 1. The van der Waals surface area contributed by atoms with Gasteiger partial charge in [0.1, 0.15) is 6.04 Å². The summed E-state index contributed by atoms with van der Waals surface area (Å²) < 4.78 is 38.5. The molecular formula is C16H32F3IN4O. The van der Waals surface area contributed by atoms with Gasteiger partial charge < -0.3 is 15.3 Å². The highest BCUT2D eigenvalue weighted by molar-refractivity contribution is 14.0. The van der Waals surface area contributed by atoms with Crippen LogP contribution in [0.4, 0.5) is 13.2 Å². The number of nitrogens with one attached hydrogen (secondary N) is 1. The summed E-state index contributed by atoms with van der Waals surface area (Å²) in [6.45, 7) is 9.63. The number of piperazine rings is 1. The molecule has 0 spiro atoms. The SMILES string of the molecule is CCNC(=NCC(O)(CC)CC)N1CCN(C(C)C(F)(F)F)CC1.I. The quantitative estimate of drug-likeness (QED) is 0.349. The number of aliphatic hydroxyl groups is 1. The second-order valence-corrected chi connectivity index (χ2v) is 6.34. The number of hydrogen-bond donors (Lipinski definition) is 2. The van der Waals surface area contributed by atoms with Crippen LogP contribution in [0.3, 0.4) is 0 Å². The largest absolute Gasteiger partial charge is 0.403 e. The molecule has 25 heavy (non-hydrogen) atoms. The van der Waals surface area contributed by atoms with Crippen molar-refractivity contribution in [2.75, 3.05) is 39.3 Å². The topological polar surface area (TPSA) is 51.1 Å². The first-order valence-corrected chi connectivity index (χ1v) is 8.73. The number of guanidine groups is 1. The van der Waals surface area contributed by atoms with E-state index >= 15 is 0 Å². The van der Waals surface area contributed by atoms with Crippen molar-refractivity contribution in [3.05, 3.63) is 0 Å². The van der Waals surface area contributed by atoms with E-state index in [1.54, 1.807) is 0 Å². The zero-order chi connectivity index (χ0) is 18.4. The normalized spacial score (nSPS) is 18.7. The minimum Gasteiger partial charge on any atom is -0.388 e. The Morgan fingerprint density at radius 3 is 2.04 bits per heavy atom. The molecule has 5 nitrogen and oxygen atoms in total. The molecule has 150 valence electrons. The summed E-state index contributed by atoms with van der Waals surface area (Å²) in [4.78, 5) is 7.93. The van der Waals surface area contributed by atoms with E-state index in [-0.39, 0.29) is 24.0 Å². The molecule has 9 heteroatoms. The van der Waals surface area contributed by atoms with E-state index in [2.05, 4.69) is 10.3 Å². The average Bonchev–Trinajstić information content (AvgIpc) is 2.57. The molecule has 1 rings (SSSR count). The summed E-state index contributed by atoms with van der Waals surface area (Å²) in [5.74, 6) is 0.664. The number of halogens is 4. The van der Waals surface area contributed by atoms with Gasteiger partial charge in [0.15, 0.2) is 5.96 Å². The zero-order valence-corrected chi connectivity index (χ0v) is 17.9. The van der Waals surface area contributed by atoms with Crippen LogP contribution in [0.25, 0.3) is 0 Å². The lowest BCUT2D eigenvalue weighted by Gasteiger charge is -2.40. The maximum atomic E-state index is 12.8. The molecule has 1 fully saturated rings. The average molecular weight is 480 g/mol. The van der Waals surface area contributed by atoms with Crippen LogP contribution in [-0.2, 0) is 0 Å².